The van der Waals surface area contributed by atoms with Crippen LogP contribution in [0.2, 0.25) is 0 Å². The van der Waals surface area contributed by atoms with Crippen LogP contribution in [0.25, 0.3) is 0 Å². The molecule has 0 radical (unpaired) electrons. The van der Waals surface area contributed by atoms with Gasteiger partial charge in [0.1, 0.15) is 5.75 Å². The first kappa shape index (κ1) is 14.6. The molecule has 90 valence electrons. The molecule has 3 nitrogen and oxygen atoms in total. The molecule has 0 aliphatic carbocycles. The maximum atomic E-state index is 12.4. The molecule has 0 atom stereocenters. The van der Waals surface area contributed by atoms with Gasteiger partial charge in [-0.15, -0.1) is 12.4 Å². The Balaban J connectivity index is 0.00000225. The van der Waals surface area contributed by atoms with Gasteiger partial charge < -0.3 is 10.5 Å². The largest absolute Gasteiger partial charge is 0.496 e. The monoisotopic (exact) mass is 255 g/mol. The fraction of sp³-hybridized carbons (Fsp3) is 0.222. The lowest BCUT2D eigenvalue weighted by Crippen LogP contribution is -2.14. The number of halogens is 4. The Morgan fingerprint density at radius 2 is 1.94 bits per heavy atom. The van der Waals surface area contributed by atoms with Crippen LogP contribution in [0.5, 0.6) is 5.75 Å². The zero-order valence-electron chi connectivity index (χ0n) is 8.17. The highest BCUT2D eigenvalue weighted by Crippen LogP contribution is 2.36. The summed E-state index contributed by atoms with van der Waals surface area (Å²) in [5.74, 6) is -1.25. The van der Waals surface area contributed by atoms with Crippen molar-refractivity contribution in [2.24, 2.45) is 5.73 Å². The highest BCUT2D eigenvalue weighted by molar-refractivity contribution is 5.93. The van der Waals surface area contributed by atoms with Crippen molar-refractivity contribution < 1.29 is 22.7 Å². The van der Waals surface area contributed by atoms with E-state index in [1.165, 1.54) is 6.07 Å². The van der Waals surface area contributed by atoms with Crippen LogP contribution in [0.15, 0.2) is 18.2 Å². The molecule has 1 aromatic rings. The van der Waals surface area contributed by atoms with E-state index in [-0.39, 0.29) is 23.7 Å². The number of benzene rings is 1. The molecule has 1 aromatic carbocycles. The first-order chi connectivity index (χ1) is 6.86. The fourth-order valence-corrected chi connectivity index (χ4v) is 1.08. The van der Waals surface area contributed by atoms with Crippen LogP contribution in [-0.2, 0) is 6.18 Å². The first-order valence-corrected chi connectivity index (χ1v) is 3.91. The molecule has 0 aliphatic rings. The minimum absolute atomic E-state index is 0. The summed E-state index contributed by atoms with van der Waals surface area (Å²) in [5.41, 5.74) is 3.65. The minimum atomic E-state index is -4.57. The van der Waals surface area contributed by atoms with E-state index in [0.29, 0.717) is 6.07 Å². The van der Waals surface area contributed by atoms with Gasteiger partial charge in [-0.2, -0.15) is 13.2 Å². The highest BCUT2D eigenvalue weighted by atomic mass is 35.5. The molecule has 0 saturated heterocycles. The van der Waals surface area contributed by atoms with E-state index >= 15 is 0 Å². The number of methoxy groups -OCH3 is 1. The number of hydrogen-bond donors (Lipinski definition) is 1. The summed E-state index contributed by atoms with van der Waals surface area (Å²) >= 11 is 0. The number of rotatable bonds is 2. The Hall–Kier alpha value is -1.43. The van der Waals surface area contributed by atoms with Gasteiger partial charge in [-0.25, -0.2) is 0 Å². The molecular weight excluding hydrogens is 247 g/mol. The lowest BCUT2D eigenvalue weighted by molar-refractivity contribution is -0.138. The first-order valence-electron chi connectivity index (χ1n) is 3.91. The Labute approximate surface area is 95.8 Å². The summed E-state index contributed by atoms with van der Waals surface area (Å²) < 4.78 is 41.9. The highest BCUT2D eigenvalue weighted by Gasteiger charge is 2.34. The van der Waals surface area contributed by atoms with E-state index in [1.807, 2.05) is 0 Å². The van der Waals surface area contributed by atoms with Crippen molar-refractivity contribution in [2.45, 2.75) is 6.18 Å². The van der Waals surface area contributed by atoms with Gasteiger partial charge >= 0.3 is 6.18 Å². The zero-order chi connectivity index (χ0) is 11.6. The van der Waals surface area contributed by atoms with Gasteiger partial charge in [0.2, 0.25) is 5.91 Å². The van der Waals surface area contributed by atoms with Crippen molar-refractivity contribution in [1.29, 1.82) is 0 Å². The van der Waals surface area contributed by atoms with Crippen molar-refractivity contribution in [3.63, 3.8) is 0 Å². The molecule has 0 saturated carbocycles. The molecule has 0 aromatic heterocycles. The molecule has 2 N–H and O–H groups in total. The topological polar surface area (TPSA) is 52.3 Å². The Kier molecular flexibility index (Phi) is 4.61. The lowest BCUT2D eigenvalue weighted by Gasteiger charge is -2.12. The molecule has 0 bridgehead atoms. The maximum Gasteiger partial charge on any atom is 0.419 e. The van der Waals surface area contributed by atoms with Crippen molar-refractivity contribution in [2.75, 3.05) is 7.11 Å². The Morgan fingerprint density at radius 3 is 2.31 bits per heavy atom. The Morgan fingerprint density at radius 1 is 1.38 bits per heavy atom. The molecular formula is C9H9ClF3NO2. The third kappa shape index (κ3) is 3.03. The van der Waals surface area contributed by atoms with Crippen LogP contribution in [0, 0.1) is 0 Å². The SMILES string of the molecule is COc1ccc(C(N)=O)cc1C(F)(F)F.Cl. The number of ether oxygens (including phenoxy) is 1. The van der Waals surface area contributed by atoms with Gasteiger partial charge in [-0.1, -0.05) is 0 Å². The third-order valence-electron chi connectivity index (χ3n) is 1.79. The summed E-state index contributed by atoms with van der Waals surface area (Å²) in [6.07, 6.45) is -4.57. The molecule has 1 rings (SSSR count). The van der Waals surface area contributed by atoms with Crippen molar-refractivity contribution in [1.82, 2.24) is 0 Å². The average molecular weight is 256 g/mol. The summed E-state index contributed by atoms with van der Waals surface area (Å²) in [4.78, 5) is 10.7. The molecule has 16 heavy (non-hydrogen) atoms. The van der Waals surface area contributed by atoms with E-state index in [9.17, 15) is 18.0 Å². The second-order valence-electron chi connectivity index (χ2n) is 2.78. The van der Waals surface area contributed by atoms with E-state index in [2.05, 4.69) is 4.74 Å². The number of carbonyl (C=O) groups excluding carboxylic acids is 1. The lowest BCUT2D eigenvalue weighted by atomic mass is 10.1. The summed E-state index contributed by atoms with van der Waals surface area (Å²) in [5, 5.41) is 0. The van der Waals surface area contributed by atoms with E-state index < -0.39 is 17.6 Å². The normalized spacial score (nSPS) is 10.5. The van der Waals surface area contributed by atoms with E-state index in [4.69, 9.17) is 5.73 Å². The van der Waals surface area contributed by atoms with Gasteiger partial charge in [0.05, 0.1) is 12.7 Å². The zero-order valence-corrected chi connectivity index (χ0v) is 8.98. The minimum Gasteiger partial charge on any atom is -0.496 e. The number of nitrogens with two attached hydrogens (primary N) is 1. The van der Waals surface area contributed by atoms with Gasteiger partial charge in [-0.3, -0.25) is 4.79 Å². The van der Waals surface area contributed by atoms with Crippen molar-refractivity contribution in [3.05, 3.63) is 29.3 Å². The second kappa shape index (κ2) is 5.07. The predicted octanol–water partition coefficient (Wildman–Crippen LogP) is 2.23. The standard InChI is InChI=1S/C9H8F3NO2.ClH/c1-15-7-3-2-5(8(13)14)4-6(7)9(10,11)12;/h2-4H,1H3,(H2,13,14);1H. The number of amides is 1. The van der Waals surface area contributed by atoms with Gasteiger partial charge in [-0.05, 0) is 18.2 Å². The number of carbonyl (C=O) groups is 1. The number of hydrogen-bond acceptors (Lipinski definition) is 2. The Bertz CT molecular complexity index is 393. The van der Waals surface area contributed by atoms with Gasteiger partial charge in [0, 0.05) is 5.56 Å². The van der Waals surface area contributed by atoms with E-state index in [0.717, 1.165) is 13.2 Å². The molecule has 0 heterocycles. The molecule has 0 unspecified atom stereocenters. The van der Waals surface area contributed by atoms with Crippen LogP contribution in [-0.4, -0.2) is 13.0 Å². The van der Waals surface area contributed by atoms with Crippen LogP contribution in [0.3, 0.4) is 0 Å². The third-order valence-corrected chi connectivity index (χ3v) is 1.79. The molecule has 0 aliphatic heterocycles. The van der Waals surface area contributed by atoms with Crippen molar-refractivity contribution in [3.8, 4) is 5.75 Å². The predicted molar refractivity (Wildman–Crippen MR) is 53.8 cm³/mol. The van der Waals surface area contributed by atoms with Crippen LogP contribution < -0.4 is 10.5 Å². The average Bonchev–Trinajstić information content (AvgIpc) is 2.15. The second-order valence-corrected chi connectivity index (χ2v) is 2.78. The molecule has 7 heteroatoms. The van der Waals surface area contributed by atoms with Crippen LogP contribution >= 0.6 is 12.4 Å². The molecule has 1 amide bonds. The summed E-state index contributed by atoms with van der Waals surface area (Å²) in [6, 6.07) is 2.90. The van der Waals surface area contributed by atoms with Crippen LogP contribution in [0.4, 0.5) is 13.2 Å². The maximum absolute atomic E-state index is 12.4. The molecule has 0 spiro atoms. The van der Waals surface area contributed by atoms with Crippen LogP contribution in [0.1, 0.15) is 15.9 Å². The van der Waals surface area contributed by atoms with Crippen molar-refractivity contribution >= 4 is 18.3 Å². The fourth-order valence-electron chi connectivity index (χ4n) is 1.08. The van der Waals surface area contributed by atoms with E-state index in [1.54, 1.807) is 0 Å². The summed E-state index contributed by atoms with van der Waals surface area (Å²) in [6.45, 7) is 0. The quantitative estimate of drug-likeness (QED) is 0.881. The summed E-state index contributed by atoms with van der Waals surface area (Å²) in [7, 11) is 1.12. The smallest absolute Gasteiger partial charge is 0.419 e. The number of primary amides is 1. The molecule has 0 fully saturated rings. The van der Waals surface area contributed by atoms with Gasteiger partial charge in [0.25, 0.3) is 0 Å². The number of alkyl halides is 3. The van der Waals surface area contributed by atoms with Gasteiger partial charge in [0.15, 0.2) is 0 Å².